The summed E-state index contributed by atoms with van der Waals surface area (Å²) in [6, 6.07) is 12.6. The number of hydrogen-bond acceptors (Lipinski definition) is 6. The first-order chi connectivity index (χ1) is 16.2. The van der Waals surface area contributed by atoms with Crippen LogP contribution in [0.25, 0.3) is 0 Å². The van der Waals surface area contributed by atoms with Gasteiger partial charge in [-0.25, -0.2) is 0 Å². The van der Waals surface area contributed by atoms with Crippen LogP contribution in [0.5, 0.6) is 5.75 Å². The Bertz CT molecular complexity index is 1150. The highest BCUT2D eigenvalue weighted by Gasteiger charge is 2.13. The van der Waals surface area contributed by atoms with Crippen molar-refractivity contribution in [3.05, 3.63) is 63.9 Å². The number of carbonyl (C=O) groups excluding carboxylic acids is 2. The predicted octanol–water partition coefficient (Wildman–Crippen LogP) is 4.67. The van der Waals surface area contributed by atoms with E-state index in [1.807, 2.05) is 24.3 Å². The molecule has 1 aromatic heterocycles. The van der Waals surface area contributed by atoms with Crippen molar-refractivity contribution in [2.75, 3.05) is 17.7 Å². The Morgan fingerprint density at radius 3 is 2.47 bits per heavy atom. The normalized spacial score (nSPS) is 10.9. The number of hydrogen-bond donors (Lipinski definition) is 2. The van der Waals surface area contributed by atoms with Gasteiger partial charge in [-0.2, -0.15) is 0 Å². The van der Waals surface area contributed by atoms with Gasteiger partial charge in [0, 0.05) is 12.7 Å². The second-order valence-electron chi connectivity index (χ2n) is 7.71. The zero-order valence-electron chi connectivity index (χ0n) is 19.0. The summed E-state index contributed by atoms with van der Waals surface area (Å²) in [5.41, 5.74) is 1.76. The summed E-state index contributed by atoms with van der Waals surface area (Å²) in [4.78, 5) is 24.4. The van der Waals surface area contributed by atoms with E-state index in [0.29, 0.717) is 38.4 Å². The fraction of sp³-hybridized carbons (Fsp3) is 0.304. The minimum atomic E-state index is -0.272. The summed E-state index contributed by atoms with van der Waals surface area (Å²) in [6.45, 7) is 4.32. The fourth-order valence-electron chi connectivity index (χ4n) is 2.85. The molecule has 3 rings (SSSR count). The SMILES string of the molecule is CC(C)c1ccc(OCC(=O)NCc2nnc(SCC(=O)Nc3ccc(Cl)c(Cl)c3)n2C)cc1. The number of ether oxygens (including phenoxy) is 1. The van der Waals surface area contributed by atoms with Crippen LogP contribution >= 0.6 is 35.0 Å². The van der Waals surface area contributed by atoms with Crippen molar-refractivity contribution in [2.24, 2.45) is 7.05 Å². The highest BCUT2D eigenvalue weighted by molar-refractivity contribution is 7.99. The minimum Gasteiger partial charge on any atom is -0.484 e. The van der Waals surface area contributed by atoms with Crippen molar-refractivity contribution in [2.45, 2.75) is 31.5 Å². The number of amides is 2. The number of aromatic nitrogens is 3. The molecule has 180 valence electrons. The third kappa shape index (κ3) is 7.38. The Kier molecular flexibility index (Phi) is 9.20. The number of rotatable bonds is 10. The maximum Gasteiger partial charge on any atom is 0.258 e. The predicted molar refractivity (Wildman–Crippen MR) is 135 cm³/mol. The number of thioether (sulfide) groups is 1. The highest BCUT2D eigenvalue weighted by Crippen LogP contribution is 2.25. The molecule has 0 atom stereocenters. The van der Waals surface area contributed by atoms with Crippen molar-refractivity contribution in [3.8, 4) is 5.75 Å². The van der Waals surface area contributed by atoms with E-state index in [4.69, 9.17) is 27.9 Å². The molecule has 0 unspecified atom stereocenters. The molecule has 2 N–H and O–H groups in total. The molecule has 11 heteroatoms. The van der Waals surface area contributed by atoms with Gasteiger partial charge in [0.15, 0.2) is 17.6 Å². The van der Waals surface area contributed by atoms with Gasteiger partial charge >= 0.3 is 0 Å². The van der Waals surface area contributed by atoms with E-state index in [1.165, 1.54) is 17.3 Å². The van der Waals surface area contributed by atoms with E-state index in [-0.39, 0.29) is 30.7 Å². The molecule has 0 aliphatic carbocycles. The third-order valence-electron chi connectivity index (χ3n) is 4.82. The van der Waals surface area contributed by atoms with E-state index < -0.39 is 0 Å². The average Bonchev–Trinajstić information content (AvgIpc) is 3.16. The molecule has 8 nitrogen and oxygen atoms in total. The lowest BCUT2D eigenvalue weighted by molar-refractivity contribution is -0.123. The summed E-state index contributed by atoms with van der Waals surface area (Å²) in [5, 5.41) is 15.0. The Morgan fingerprint density at radius 1 is 1.06 bits per heavy atom. The number of nitrogens with zero attached hydrogens (tertiary/aromatic N) is 3. The minimum absolute atomic E-state index is 0.102. The number of anilines is 1. The van der Waals surface area contributed by atoms with Crippen LogP contribution in [-0.4, -0.2) is 38.9 Å². The number of benzene rings is 2. The fourth-order valence-corrected chi connectivity index (χ4v) is 3.88. The smallest absolute Gasteiger partial charge is 0.258 e. The summed E-state index contributed by atoms with van der Waals surface area (Å²) in [5.74, 6) is 1.26. The van der Waals surface area contributed by atoms with E-state index in [9.17, 15) is 9.59 Å². The first kappa shape index (κ1) is 25.9. The van der Waals surface area contributed by atoms with Gasteiger partial charge in [0.2, 0.25) is 5.91 Å². The van der Waals surface area contributed by atoms with Crippen LogP contribution in [0.3, 0.4) is 0 Å². The molecular weight excluding hydrogens is 497 g/mol. The summed E-state index contributed by atoms with van der Waals surface area (Å²) in [6.07, 6.45) is 0. The molecule has 0 aliphatic heterocycles. The van der Waals surface area contributed by atoms with Crippen LogP contribution in [0.1, 0.15) is 31.2 Å². The van der Waals surface area contributed by atoms with Gasteiger partial charge in [-0.05, 0) is 41.8 Å². The molecule has 3 aromatic rings. The zero-order valence-corrected chi connectivity index (χ0v) is 21.3. The molecule has 34 heavy (non-hydrogen) atoms. The molecule has 0 bridgehead atoms. The van der Waals surface area contributed by atoms with Crippen LogP contribution < -0.4 is 15.4 Å². The van der Waals surface area contributed by atoms with Crippen molar-refractivity contribution < 1.29 is 14.3 Å². The zero-order chi connectivity index (χ0) is 24.7. The Hall–Kier alpha value is -2.75. The van der Waals surface area contributed by atoms with Gasteiger partial charge in [0.1, 0.15) is 5.75 Å². The molecule has 0 saturated heterocycles. The van der Waals surface area contributed by atoms with E-state index in [0.717, 1.165) is 0 Å². The van der Waals surface area contributed by atoms with Crippen LogP contribution in [0, 0.1) is 0 Å². The maximum absolute atomic E-state index is 12.2. The second kappa shape index (κ2) is 12.1. The Labute approximate surface area is 212 Å². The Morgan fingerprint density at radius 2 is 1.79 bits per heavy atom. The van der Waals surface area contributed by atoms with Crippen LogP contribution in [0.2, 0.25) is 10.0 Å². The lowest BCUT2D eigenvalue weighted by Crippen LogP contribution is -2.29. The van der Waals surface area contributed by atoms with Crippen molar-refractivity contribution >= 4 is 52.5 Å². The van der Waals surface area contributed by atoms with Crippen LogP contribution in [0.4, 0.5) is 5.69 Å². The van der Waals surface area contributed by atoms with Gasteiger partial charge in [-0.3, -0.25) is 9.59 Å². The Balaban J connectivity index is 1.43. The van der Waals surface area contributed by atoms with Crippen molar-refractivity contribution in [1.29, 1.82) is 0 Å². The summed E-state index contributed by atoms with van der Waals surface area (Å²) in [7, 11) is 1.77. The van der Waals surface area contributed by atoms with E-state index >= 15 is 0 Å². The topological polar surface area (TPSA) is 98.1 Å². The molecule has 2 amide bonds. The monoisotopic (exact) mass is 521 g/mol. The molecule has 0 radical (unpaired) electrons. The molecular formula is C23H25Cl2N5O3S. The van der Waals surface area contributed by atoms with Gasteiger partial charge in [-0.1, -0.05) is 60.9 Å². The van der Waals surface area contributed by atoms with Crippen LogP contribution in [0.15, 0.2) is 47.6 Å². The quantitative estimate of drug-likeness (QED) is 0.376. The molecule has 0 fully saturated rings. The summed E-state index contributed by atoms with van der Waals surface area (Å²) < 4.78 is 7.26. The first-order valence-corrected chi connectivity index (χ1v) is 12.2. The van der Waals surface area contributed by atoms with E-state index in [2.05, 4.69) is 34.7 Å². The van der Waals surface area contributed by atoms with Gasteiger partial charge in [0.25, 0.3) is 5.91 Å². The summed E-state index contributed by atoms with van der Waals surface area (Å²) >= 11 is 13.1. The standard InChI is InChI=1S/C23H25Cl2N5O3S/c1-14(2)15-4-7-17(8-5-15)33-12-21(31)26-11-20-28-29-23(30(20)3)34-13-22(32)27-16-6-9-18(24)19(25)10-16/h4-10,14H,11-13H2,1-3H3,(H,26,31)(H,27,32). The molecule has 0 saturated carbocycles. The average molecular weight is 522 g/mol. The lowest BCUT2D eigenvalue weighted by Gasteiger charge is -2.09. The molecule has 0 spiro atoms. The second-order valence-corrected chi connectivity index (χ2v) is 9.47. The number of carbonyl (C=O) groups is 2. The van der Waals surface area contributed by atoms with Crippen molar-refractivity contribution in [3.63, 3.8) is 0 Å². The first-order valence-electron chi connectivity index (χ1n) is 10.5. The van der Waals surface area contributed by atoms with Gasteiger partial charge < -0.3 is 19.9 Å². The molecule has 0 aliphatic rings. The molecule has 2 aromatic carbocycles. The largest absolute Gasteiger partial charge is 0.484 e. The van der Waals surface area contributed by atoms with Gasteiger partial charge in [-0.15, -0.1) is 10.2 Å². The van der Waals surface area contributed by atoms with Crippen LogP contribution in [-0.2, 0) is 23.2 Å². The van der Waals surface area contributed by atoms with E-state index in [1.54, 1.807) is 29.8 Å². The highest BCUT2D eigenvalue weighted by atomic mass is 35.5. The van der Waals surface area contributed by atoms with Crippen molar-refractivity contribution in [1.82, 2.24) is 20.1 Å². The number of halogens is 2. The van der Waals surface area contributed by atoms with Gasteiger partial charge in [0.05, 0.1) is 22.3 Å². The number of nitrogens with one attached hydrogen (secondary N) is 2. The lowest BCUT2D eigenvalue weighted by atomic mass is 10.0. The maximum atomic E-state index is 12.2. The third-order valence-corrected chi connectivity index (χ3v) is 6.58. The molecule has 1 heterocycles.